The SMILES string of the molecule is NS(=O)(=O)c1cc2c(cc1Cl)C(=O)N(c1ccc(C(F)(F)F)cc1)NC2. The fraction of sp³-hybridized carbons (Fsp3) is 0.133. The van der Waals surface area contributed by atoms with Crippen LogP contribution in [0.3, 0.4) is 0 Å². The molecule has 0 saturated heterocycles. The summed E-state index contributed by atoms with van der Waals surface area (Å²) in [6.45, 7) is 0.0573. The maximum atomic E-state index is 12.6. The summed E-state index contributed by atoms with van der Waals surface area (Å²) in [7, 11) is -4.06. The third-order valence-electron chi connectivity index (χ3n) is 3.78. The minimum atomic E-state index is -4.48. The van der Waals surface area contributed by atoms with Gasteiger partial charge >= 0.3 is 6.18 Å². The van der Waals surface area contributed by atoms with Crippen LogP contribution in [0.2, 0.25) is 5.02 Å². The first-order valence-electron chi connectivity index (χ1n) is 7.09. The Balaban J connectivity index is 1.97. The summed E-state index contributed by atoms with van der Waals surface area (Å²) in [6, 6.07) is 6.39. The van der Waals surface area contributed by atoms with Gasteiger partial charge in [-0.1, -0.05) is 11.6 Å². The van der Waals surface area contributed by atoms with Crippen molar-refractivity contribution in [1.82, 2.24) is 5.43 Å². The predicted octanol–water partition coefficient (Wildman–Crippen LogP) is 2.67. The molecular formula is C15H11ClF3N3O3S. The molecule has 0 fully saturated rings. The molecule has 0 aliphatic carbocycles. The van der Waals surface area contributed by atoms with Crippen LogP contribution in [0.25, 0.3) is 0 Å². The number of hydrazine groups is 1. The lowest BCUT2D eigenvalue weighted by molar-refractivity contribution is -0.137. The van der Waals surface area contributed by atoms with Crippen molar-refractivity contribution in [3.8, 4) is 0 Å². The number of alkyl halides is 3. The lowest BCUT2D eigenvalue weighted by Crippen LogP contribution is -2.47. The Kier molecular flexibility index (Phi) is 4.47. The number of benzene rings is 2. The number of halogens is 4. The van der Waals surface area contributed by atoms with E-state index in [1.165, 1.54) is 12.1 Å². The van der Waals surface area contributed by atoms with E-state index in [4.69, 9.17) is 16.7 Å². The van der Waals surface area contributed by atoms with Crippen LogP contribution < -0.4 is 15.6 Å². The monoisotopic (exact) mass is 405 g/mol. The molecule has 1 aliphatic rings. The topological polar surface area (TPSA) is 92.5 Å². The van der Waals surface area contributed by atoms with E-state index in [0.29, 0.717) is 5.56 Å². The molecule has 0 spiro atoms. The van der Waals surface area contributed by atoms with Gasteiger partial charge in [0.2, 0.25) is 10.0 Å². The number of anilines is 1. The van der Waals surface area contributed by atoms with Crippen molar-refractivity contribution in [1.29, 1.82) is 0 Å². The Bertz CT molecular complexity index is 992. The number of carbonyl (C=O) groups is 1. The summed E-state index contributed by atoms with van der Waals surface area (Å²) in [5, 5.41) is 5.92. The molecule has 0 bridgehead atoms. The van der Waals surface area contributed by atoms with Gasteiger partial charge in [-0.2, -0.15) is 13.2 Å². The second-order valence-electron chi connectivity index (χ2n) is 5.50. The van der Waals surface area contributed by atoms with Gasteiger partial charge in [0.05, 0.1) is 16.3 Å². The summed E-state index contributed by atoms with van der Waals surface area (Å²) in [5.74, 6) is -0.589. The number of sulfonamides is 1. The fourth-order valence-electron chi connectivity index (χ4n) is 2.52. The number of nitrogens with two attached hydrogens (primary N) is 1. The van der Waals surface area contributed by atoms with Gasteiger partial charge in [0.25, 0.3) is 5.91 Å². The molecule has 2 aromatic rings. The lowest BCUT2D eigenvalue weighted by atomic mass is 10.0. The van der Waals surface area contributed by atoms with Crippen LogP contribution in [0.5, 0.6) is 0 Å². The summed E-state index contributed by atoms with van der Waals surface area (Å²) in [6.07, 6.45) is -4.48. The average molecular weight is 406 g/mol. The highest BCUT2D eigenvalue weighted by Gasteiger charge is 2.32. The van der Waals surface area contributed by atoms with E-state index in [1.807, 2.05) is 0 Å². The number of hydrogen-bond acceptors (Lipinski definition) is 4. The first-order valence-corrected chi connectivity index (χ1v) is 9.01. The molecule has 6 nitrogen and oxygen atoms in total. The molecule has 2 aromatic carbocycles. The highest BCUT2D eigenvalue weighted by atomic mass is 35.5. The molecular weight excluding hydrogens is 395 g/mol. The molecule has 11 heteroatoms. The number of primary sulfonamides is 1. The Labute approximate surface area is 151 Å². The van der Waals surface area contributed by atoms with Crippen molar-refractivity contribution in [2.24, 2.45) is 5.14 Å². The molecule has 3 N–H and O–H groups in total. The maximum Gasteiger partial charge on any atom is 0.416 e. The van der Waals surface area contributed by atoms with Crippen LogP contribution in [0, 0.1) is 0 Å². The van der Waals surface area contributed by atoms with Gasteiger partial charge < -0.3 is 0 Å². The number of rotatable bonds is 2. The van der Waals surface area contributed by atoms with Gasteiger partial charge in [-0.3, -0.25) is 4.79 Å². The first-order chi connectivity index (χ1) is 12.0. The van der Waals surface area contributed by atoms with Crippen molar-refractivity contribution in [3.63, 3.8) is 0 Å². The third-order valence-corrected chi connectivity index (χ3v) is 5.15. The largest absolute Gasteiger partial charge is 0.416 e. The Morgan fingerprint density at radius 1 is 1.15 bits per heavy atom. The van der Waals surface area contributed by atoms with Crippen LogP contribution in [0.4, 0.5) is 18.9 Å². The minimum absolute atomic E-state index is 0.0573. The zero-order chi connectivity index (χ0) is 19.3. The van der Waals surface area contributed by atoms with Gasteiger partial charge in [-0.05, 0) is 42.0 Å². The predicted molar refractivity (Wildman–Crippen MR) is 87.9 cm³/mol. The van der Waals surface area contributed by atoms with Gasteiger partial charge in [-0.25, -0.2) is 24.0 Å². The number of nitrogens with zero attached hydrogens (tertiary/aromatic N) is 1. The van der Waals surface area contributed by atoms with E-state index in [-0.39, 0.29) is 27.7 Å². The van der Waals surface area contributed by atoms with E-state index in [9.17, 15) is 26.4 Å². The summed E-state index contributed by atoms with van der Waals surface area (Å²) in [5.41, 5.74) is 2.55. The van der Waals surface area contributed by atoms with E-state index in [0.717, 1.165) is 29.3 Å². The van der Waals surface area contributed by atoms with Crippen molar-refractivity contribution in [3.05, 3.63) is 58.1 Å². The van der Waals surface area contributed by atoms with Crippen molar-refractivity contribution in [2.75, 3.05) is 5.01 Å². The number of amides is 1. The quantitative estimate of drug-likeness (QED) is 0.803. The first kappa shape index (κ1) is 18.6. The van der Waals surface area contributed by atoms with E-state index in [2.05, 4.69) is 5.43 Å². The van der Waals surface area contributed by atoms with Crippen LogP contribution in [0.1, 0.15) is 21.5 Å². The van der Waals surface area contributed by atoms with Crippen molar-refractivity contribution >= 4 is 33.2 Å². The van der Waals surface area contributed by atoms with E-state index >= 15 is 0 Å². The zero-order valence-electron chi connectivity index (χ0n) is 12.8. The zero-order valence-corrected chi connectivity index (χ0v) is 14.4. The lowest BCUT2D eigenvalue weighted by Gasteiger charge is -2.30. The standard InChI is InChI=1S/C15H11ClF3N3O3S/c16-12-6-11-8(5-13(12)26(20,24)25)7-21-22(14(11)23)10-3-1-9(2-4-10)15(17,18)19/h1-6,21H,7H2,(H2,20,24,25). The molecule has 0 saturated carbocycles. The smallest absolute Gasteiger partial charge is 0.267 e. The molecule has 1 amide bonds. The van der Waals surface area contributed by atoms with Gasteiger partial charge in [0.15, 0.2) is 0 Å². The summed E-state index contributed by atoms with van der Waals surface area (Å²) >= 11 is 5.90. The second kappa shape index (κ2) is 6.23. The Morgan fingerprint density at radius 2 is 1.77 bits per heavy atom. The fourth-order valence-corrected chi connectivity index (χ4v) is 3.65. The van der Waals surface area contributed by atoms with E-state index in [1.54, 1.807) is 0 Å². The van der Waals surface area contributed by atoms with Crippen LogP contribution in [-0.4, -0.2) is 14.3 Å². The van der Waals surface area contributed by atoms with E-state index < -0.39 is 27.7 Å². The molecule has 3 rings (SSSR count). The number of nitrogens with one attached hydrogen (secondary N) is 1. The van der Waals surface area contributed by atoms with Crippen LogP contribution in [-0.2, 0) is 22.7 Å². The molecule has 0 unspecified atom stereocenters. The highest BCUT2D eigenvalue weighted by Crippen LogP contribution is 2.32. The van der Waals surface area contributed by atoms with Gasteiger partial charge in [-0.15, -0.1) is 0 Å². The second-order valence-corrected chi connectivity index (χ2v) is 7.44. The van der Waals surface area contributed by atoms with Gasteiger partial charge in [0, 0.05) is 12.1 Å². The molecule has 1 aliphatic heterocycles. The molecule has 0 radical (unpaired) electrons. The molecule has 0 aromatic heterocycles. The number of carbonyl (C=O) groups excluding carboxylic acids is 1. The average Bonchev–Trinajstić information content (AvgIpc) is 2.54. The van der Waals surface area contributed by atoms with Crippen molar-refractivity contribution in [2.45, 2.75) is 17.6 Å². The van der Waals surface area contributed by atoms with Crippen molar-refractivity contribution < 1.29 is 26.4 Å². The third kappa shape index (κ3) is 3.40. The van der Waals surface area contributed by atoms with Crippen LogP contribution in [0.15, 0.2) is 41.3 Å². The minimum Gasteiger partial charge on any atom is -0.267 e. The Hall–Kier alpha value is -2.14. The highest BCUT2D eigenvalue weighted by molar-refractivity contribution is 7.89. The number of hydrogen-bond donors (Lipinski definition) is 2. The summed E-state index contributed by atoms with van der Waals surface area (Å²) < 4.78 is 60.9. The maximum absolute atomic E-state index is 12.6. The molecule has 1 heterocycles. The normalized spacial score (nSPS) is 15.1. The Morgan fingerprint density at radius 3 is 2.31 bits per heavy atom. The molecule has 138 valence electrons. The number of fused-ring (bicyclic) bond motifs is 1. The van der Waals surface area contributed by atoms with Gasteiger partial charge in [0.1, 0.15) is 4.90 Å². The molecule has 26 heavy (non-hydrogen) atoms. The summed E-state index contributed by atoms with van der Waals surface area (Å²) in [4.78, 5) is 12.3. The van der Waals surface area contributed by atoms with Crippen LogP contribution >= 0.6 is 11.6 Å². The molecule has 0 atom stereocenters.